The molecular formula is C28H24N4O4. The summed E-state index contributed by atoms with van der Waals surface area (Å²) >= 11 is 0. The number of para-hydroxylation sites is 1. The minimum absolute atomic E-state index is 0.274. The number of aromatic nitrogens is 2. The fraction of sp³-hybridized carbons (Fsp3) is 0.179. The first-order valence-corrected chi connectivity index (χ1v) is 11.8. The third-order valence-corrected chi connectivity index (χ3v) is 6.31. The van der Waals surface area contributed by atoms with Gasteiger partial charge in [0.15, 0.2) is 5.76 Å². The predicted molar refractivity (Wildman–Crippen MR) is 140 cm³/mol. The molecule has 8 nitrogen and oxygen atoms in total. The van der Waals surface area contributed by atoms with Gasteiger partial charge in [0.1, 0.15) is 11.3 Å². The van der Waals surface area contributed by atoms with Crippen LogP contribution in [0.15, 0.2) is 87.1 Å². The Morgan fingerprint density at radius 3 is 2.58 bits per heavy atom. The first-order valence-electron chi connectivity index (χ1n) is 11.8. The zero-order valence-corrected chi connectivity index (χ0v) is 19.8. The van der Waals surface area contributed by atoms with Gasteiger partial charge in [-0.25, -0.2) is 4.98 Å². The Morgan fingerprint density at radius 2 is 1.78 bits per heavy atom. The van der Waals surface area contributed by atoms with Gasteiger partial charge in [0.25, 0.3) is 5.56 Å². The fourth-order valence-electron chi connectivity index (χ4n) is 4.43. The van der Waals surface area contributed by atoms with E-state index in [-0.39, 0.29) is 5.56 Å². The molecule has 180 valence electrons. The summed E-state index contributed by atoms with van der Waals surface area (Å²) in [7, 11) is 1.61. The van der Waals surface area contributed by atoms with Gasteiger partial charge in [-0.1, -0.05) is 30.3 Å². The van der Waals surface area contributed by atoms with Crippen molar-refractivity contribution >= 4 is 33.8 Å². The summed E-state index contributed by atoms with van der Waals surface area (Å²) in [6.45, 7) is 3.21. The molecule has 8 heteroatoms. The number of morpholine rings is 1. The molecular weight excluding hydrogens is 456 g/mol. The normalized spacial score (nSPS) is 14.2. The molecule has 3 heterocycles. The quantitative estimate of drug-likeness (QED) is 0.344. The largest absolute Gasteiger partial charge is 0.496 e. The van der Waals surface area contributed by atoms with E-state index >= 15 is 0 Å². The lowest BCUT2D eigenvalue weighted by Crippen LogP contribution is -2.36. The number of methoxy groups -OCH3 is 1. The van der Waals surface area contributed by atoms with Crippen LogP contribution in [0, 0.1) is 0 Å². The second kappa shape index (κ2) is 9.31. The Hall–Kier alpha value is -4.43. The van der Waals surface area contributed by atoms with Crippen LogP contribution in [0.25, 0.3) is 33.5 Å². The van der Waals surface area contributed by atoms with E-state index < -0.39 is 0 Å². The Bertz CT molecular complexity index is 1630. The van der Waals surface area contributed by atoms with Crippen molar-refractivity contribution in [1.82, 2.24) is 9.66 Å². The number of hydrogen-bond donors (Lipinski definition) is 0. The number of hydrogen-bond acceptors (Lipinski definition) is 7. The van der Waals surface area contributed by atoms with Crippen molar-refractivity contribution in [3.63, 3.8) is 0 Å². The van der Waals surface area contributed by atoms with Crippen molar-refractivity contribution in [2.45, 2.75) is 0 Å². The van der Waals surface area contributed by atoms with Crippen LogP contribution < -0.4 is 15.2 Å². The lowest BCUT2D eigenvalue weighted by molar-refractivity contribution is 0.122. The Labute approximate surface area is 207 Å². The molecule has 1 saturated heterocycles. The summed E-state index contributed by atoms with van der Waals surface area (Å²) in [6.07, 6.45) is 1.66. The van der Waals surface area contributed by atoms with Crippen LogP contribution in [0.5, 0.6) is 5.75 Å². The lowest BCUT2D eigenvalue weighted by atomic mass is 10.2. The topological polar surface area (TPSA) is 82.1 Å². The zero-order chi connectivity index (χ0) is 24.5. The summed E-state index contributed by atoms with van der Waals surface area (Å²) in [5.41, 5.74) is 2.94. The molecule has 0 saturated carbocycles. The molecule has 3 aromatic carbocycles. The van der Waals surface area contributed by atoms with Gasteiger partial charge in [-0.2, -0.15) is 9.78 Å². The summed E-state index contributed by atoms with van der Waals surface area (Å²) in [5.74, 6) is 1.43. The molecule has 1 fully saturated rings. The van der Waals surface area contributed by atoms with Gasteiger partial charge in [-0.15, -0.1) is 0 Å². The number of ether oxygens (including phenoxy) is 2. The molecule has 0 aliphatic carbocycles. The Morgan fingerprint density at radius 1 is 0.972 bits per heavy atom. The second-order valence-corrected chi connectivity index (χ2v) is 8.49. The molecule has 1 aliphatic rings. The van der Waals surface area contributed by atoms with Crippen LogP contribution in [-0.2, 0) is 4.74 Å². The molecule has 5 aromatic rings. The molecule has 0 N–H and O–H groups in total. The third-order valence-electron chi connectivity index (χ3n) is 6.31. The van der Waals surface area contributed by atoms with Crippen molar-refractivity contribution in [3.8, 4) is 17.3 Å². The molecule has 0 atom stereocenters. The van der Waals surface area contributed by atoms with Crippen LogP contribution in [-0.4, -0.2) is 49.3 Å². The van der Waals surface area contributed by atoms with Gasteiger partial charge in [-0.3, -0.25) is 4.79 Å². The number of furan rings is 1. The number of anilines is 1. The highest BCUT2D eigenvalue weighted by Gasteiger charge is 2.18. The maximum atomic E-state index is 13.5. The van der Waals surface area contributed by atoms with Gasteiger partial charge < -0.3 is 18.8 Å². The van der Waals surface area contributed by atoms with E-state index in [4.69, 9.17) is 18.9 Å². The van der Waals surface area contributed by atoms with Crippen LogP contribution in [0.4, 0.5) is 5.69 Å². The molecule has 0 radical (unpaired) electrons. The zero-order valence-electron chi connectivity index (χ0n) is 19.8. The van der Waals surface area contributed by atoms with Crippen LogP contribution >= 0.6 is 0 Å². The summed E-state index contributed by atoms with van der Waals surface area (Å²) in [5, 5.41) is 5.83. The summed E-state index contributed by atoms with van der Waals surface area (Å²) in [6, 6.07) is 22.7. The third kappa shape index (κ3) is 4.01. The van der Waals surface area contributed by atoms with E-state index in [2.05, 4.69) is 22.1 Å². The van der Waals surface area contributed by atoms with Crippen molar-refractivity contribution < 1.29 is 13.9 Å². The van der Waals surface area contributed by atoms with Crippen LogP contribution in [0.2, 0.25) is 0 Å². The smallest absolute Gasteiger partial charge is 0.282 e. The molecule has 0 amide bonds. The Balaban J connectivity index is 1.43. The van der Waals surface area contributed by atoms with E-state index in [0.29, 0.717) is 33.8 Å². The van der Waals surface area contributed by atoms with Gasteiger partial charge in [0.05, 0.1) is 42.8 Å². The van der Waals surface area contributed by atoms with Gasteiger partial charge in [-0.05, 0) is 48.0 Å². The highest BCUT2D eigenvalue weighted by atomic mass is 16.5. The second-order valence-electron chi connectivity index (χ2n) is 8.49. The van der Waals surface area contributed by atoms with Gasteiger partial charge in [0.2, 0.25) is 5.82 Å². The van der Waals surface area contributed by atoms with Crippen molar-refractivity contribution in [3.05, 3.63) is 88.7 Å². The fourth-order valence-corrected chi connectivity index (χ4v) is 4.43. The monoisotopic (exact) mass is 480 g/mol. The SMILES string of the molecule is COc1cccc2oc(-c3nc4ccccc4c(=O)n3N=Cc3ccc(N4CCOCC4)cc3)cc12. The average Bonchev–Trinajstić information content (AvgIpc) is 3.38. The molecule has 2 aromatic heterocycles. The standard InChI is InChI=1S/C28H24N4O4/c1-34-24-7-4-8-25-22(24)17-26(36-25)27-30-23-6-3-2-5-21(23)28(33)32(27)29-18-19-9-11-20(12-10-19)31-13-15-35-16-14-31/h2-12,17-18H,13-16H2,1H3. The van der Waals surface area contributed by atoms with E-state index in [1.54, 1.807) is 19.4 Å². The van der Waals surface area contributed by atoms with Crippen LogP contribution in [0.1, 0.15) is 5.56 Å². The summed E-state index contributed by atoms with van der Waals surface area (Å²) in [4.78, 5) is 20.5. The van der Waals surface area contributed by atoms with Crippen molar-refractivity contribution in [2.24, 2.45) is 5.10 Å². The molecule has 36 heavy (non-hydrogen) atoms. The molecule has 0 bridgehead atoms. The molecule has 0 spiro atoms. The van der Waals surface area contributed by atoms with Crippen molar-refractivity contribution in [2.75, 3.05) is 38.3 Å². The Kier molecular flexibility index (Phi) is 5.71. The summed E-state index contributed by atoms with van der Waals surface area (Å²) < 4.78 is 18.3. The van der Waals surface area contributed by atoms with E-state index in [1.165, 1.54) is 4.68 Å². The minimum Gasteiger partial charge on any atom is -0.496 e. The molecule has 1 aliphatic heterocycles. The molecule has 6 rings (SSSR count). The number of nitrogens with zero attached hydrogens (tertiary/aromatic N) is 4. The highest BCUT2D eigenvalue weighted by Crippen LogP contribution is 2.32. The number of fused-ring (bicyclic) bond motifs is 2. The average molecular weight is 481 g/mol. The van der Waals surface area contributed by atoms with E-state index in [1.807, 2.05) is 54.6 Å². The predicted octanol–water partition coefficient (Wildman–Crippen LogP) is 4.54. The van der Waals surface area contributed by atoms with Crippen LogP contribution in [0.3, 0.4) is 0 Å². The first kappa shape index (κ1) is 22.1. The number of benzene rings is 3. The maximum Gasteiger partial charge on any atom is 0.282 e. The van der Waals surface area contributed by atoms with E-state index in [9.17, 15) is 4.79 Å². The first-order chi connectivity index (χ1) is 17.7. The van der Waals surface area contributed by atoms with E-state index in [0.717, 1.165) is 42.9 Å². The minimum atomic E-state index is -0.274. The maximum absolute atomic E-state index is 13.5. The van der Waals surface area contributed by atoms with Crippen molar-refractivity contribution in [1.29, 1.82) is 0 Å². The highest BCUT2D eigenvalue weighted by molar-refractivity contribution is 5.88. The molecule has 0 unspecified atom stereocenters. The lowest BCUT2D eigenvalue weighted by Gasteiger charge is -2.28. The van der Waals surface area contributed by atoms with Gasteiger partial charge >= 0.3 is 0 Å². The van der Waals surface area contributed by atoms with Gasteiger partial charge in [0, 0.05) is 18.8 Å². The number of rotatable bonds is 5.